The second-order valence-electron chi connectivity index (χ2n) is 6.81. The molecule has 0 unspecified atom stereocenters. The van der Waals surface area contributed by atoms with Gasteiger partial charge in [-0.05, 0) is 30.3 Å². The Kier molecular flexibility index (Phi) is 3.98. The summed E-state index contributed by atoms with van der Waals surface area (Å²) in [4.78, 5) is 20.4. The lowest BCUT2D eigenvalue weighted by atomic mass is 10.1. The second kappa shape index (κ2) is 6.78. The van der Waals surface area contributed by atoms with Gasteiger partial charge in [-0.2, -0.15) is 0 Å². The van der Waals surface area contributed by atoms with Crippen molar-refractivity contribution in [3.05, 3.63) is 85.1 Å². The topological polar surface area (TPSA) is 51.4 Å². The molecule has 1 aliphatic heterocycles. The molecule has 5 rings (SSSR count). The van der Waals surface area contributed by atoms with Crippen LogP contribution in [0.4, 0.5) is 27.5 Å². The molecule has 0 spiro atoms. The molecule has 28 heavy (non-hydrogen) atoms. The largest absolute Gasteiger partial charge is 0.359 e. The van der Waals surface area contributed by atoms with Gasteiger partial charge in [-0.15, -0.1) is 0 Å². The summed E-state index contributed by atoms with van der Waals surface area (Å²) in [5, 5.41) is 4.07. The first-order chi connectivity index (χ1) is 13.8. The molecule has 0 saturated heterocycles. The number of aromatic amines is 1. The third-order valence-corrected chi connectivity index (χ3v) is 5.15. The highest BCUT2D eigenvalue weighted by Crippen LogP contribution is 2.37. The minimum atomic E-state index is -0.120. The average molecular weight is 368 g/mol. The highest BCUT2D eigenvalue weighted by molar-refractivity contribution is 6.09. The maximum absolute atomic E-state index is 13.1. The molecule has 3 aromatic carbocycles. The summed E-state index contributed by atoms with van der Waals surface area (Å²) < 4.78 is 0. The van der Waals surface area contributed by atoms with Gasteiger partial charge in [0.15, 0.2) is 0 Å². The van der Waals surface area contributed by atoms with E-state index in [1.807, 2.05) is 71.8 Å². The monoisotopic (exact) mass is 368 g/mol. The Morgan fingerprint density at radius 3 is 2.39 bits per heavy atom. The van der Waals surface area contributed by atoms with Crippen LogP contribution < -0.4 is 15.1 Å². The van der Waals surface area contributed by atoms with Gasteiger partial charge >= 0.3 is 6.03 Å². The fourth-order valence-electron chi connectivity index (χ4n) is 3.81. The van der Waals surface area contributed by atoms with Gasteiger partial charge in [0.1, 0.15) is 0 Å². The van der Waals surface area contributed by atoms with Crippen molar-refractivity contribution in [2.24, 2.45) is 0 Å². The number of nitrogens with zero attached hydrogens (tertiary/aromatic N) is 2. The lowest BCUT2D eigenvalue weighted by molar-refractivity contribution is 0.257. The van der Waals surface area contributed by atoms with Gasteiger partial charge in [0.2, 0.25) is 0 Å². The maximum atomic E-state index is 13.1. The van der Waals surface area contributed by atoms with Crippen molar-refractivity contribution in [3.63, 3.8) is 0 Å². The first kappa shape index (κ1) is 16.4. The number of amides is 2. The van der Waals surface area contributed by atoms with E-state index in [-0.39, 0.29) is 6.03 Å². The van der Waals surface area contributed by atoms with E-state index < -0.39 is 0 Å². The summed E-state index contributed by atoms with van der Waals surface area (Å²) >= 11 is 0. The highest BCUT2D eigenvalue weighted by atomic mass is 16.2. The third-order valence-electron chi connectivity index (χ3n) is 5.15. The van der Waals surface area contributed by atoms with Crippen LogP contribution in [0, 0.1) is 0 Å². The molecule has 0 bridgehead atoms. The van der Waals surface area contributed by atoms with Crippen molar-refractivity contribution in [1.82, 2.24) is 4.98 Å². The van der Waals surface area contributed by atoms with E-state index in [2.05, 4.69) is 33.4 Å². The summed E-state index contributed by atoms with van der Waals surface area (Å²) in [5.74, 6) is 0. The molecule has 4 aromatic rings. The number of carbonyl (C=O) groups is 1. The molecule has 5 nitrogen and oxygen atoms in total. The van der Waals surface area contributed by atoms with Crippen molar-refractivity contribution in [1.29, 1.82) is 0 Å². The number of hydrogen-bond donors (Lipinski definition) is 2. The van der Waals surface area contributed by atoms with Crippen LogP contribution in [0.5, 0.6) is 0 Å². The van der Waals surface area contributed by atoms with E-state index in [1.165, 1.54) is 0 Å². The van der Waals surface area contributed by atoms with E-state index in [9.17, 15) is 4.79 Å². The maximum Gasteiger partial charge on any atom is 0.326 e. The highest BCUT2D eigenvalue weighted by Gasteiger charge is 2.27. The zero-order chi connectivity index (χ0) is 18.9. The van der Waals surface area contributed by atoms with Gasteiger partial charge in [0.05, 0.1) is 17.1 Å². The van der Waals surface area contributed by atoms with E-state index in [1.54, 1.807) is 0 Å². The molecule has 5 heteroatoms. The summed E-state index contributed by atoms with van der Waals surface area (Å²) in [6.45, 7) is 1.35. The number of aromatic nitrogens is 1. The number of H-pyrrole nitrogens is 1. The SMILES string of the molecule is O=C(Nc1c[nH]c2ccccc12)N1CCN(c2ccccc2)c2ccccc21. The van der Waals surface area contributed by atoms with Gasteiger partial charge in [-0.1, -0.05) is 48.5 Å². The van der Waals surface area contributed by atoms with E-state index in [4.69, 9.17) is 0 Å². The summed E-state index contributed by atoms with van der Waals surface area (Å²) in [6.07, 6.45) is 1.84. The van der Waals surface area contributed by atoms with Crippen molar-refractivity contribution in [2.75, 3.05) is 28.2 Å². The van der Waals surface area contributed by atoms with Crippen molar-refractivity contribution >= 4 is 39.7 Å². The Balaban J connectivity index is 1.46. The van der Waals surface area contributed by atoms with Gasteiger partial charge in [-0.3, -0.25) is 4.90 Å². The summed E-state index contributed by atoms with van der Waals surface area (Å²) in [6, 6.07) is 26.1. The Morgan fingerprint density at radius 1 is 0.821 bits per heavy atom. The normalized spacial score (nSPS) is 13.4. The number of carbonyl (C=O) groups excluding carboxylic acids is 1. The molecule has 1 aliphatic rings. The standard InChI is InChI=1S/C23H20N4O/c28-23(25-20-16-24-19-11-5-4-10-18(19)20)27-15-14-26(17-8-2-1-3-9-17)21-12-6-7-13-22(21)27/h1-13,16,24H,14-15H2,(H,25,28). The molecular formula is C23H20N4O. The van der Waals surface area contributed by atoms with Crippen molar-refractivity contribution in [2.45, 2.75) is 0 Å². The first-order valence-corrected chi connectivity index (χ1v) is 9.37. The fourth-order valence-corrected chi connectivity index (χ4v) is 3.81. The van der Waals surface area contributed by atoms with Crippen LogP contribution in [0.3, 0.4) is 0 Å². The number of benzene rings is 3. The quantitative estimate of drug-likeness (QED) is 0.500. The van der Waals surface area contributed by atoms with Crippen LogP contribution in [-0.2, 0) is 0 Å². The van der Waals surface area contributed by atoms with Gasteiger partial charge in [-0.25, -0.2) is 4.79 Å². The second-order valence-corrected chi connectivity index (χ2v) is 6.81. The molecule has 0 fully saturated rings. The van der Waals surface area contributed by atoms with Crippen LogP contribution in [-0.4, -0.2) is 24.1 Å². The third kappa shape index (κ3) is 2.77. The Bertz CT molecular complexity index is 1140. The summed E-state index contributed by atoms with van der Waals surface area (Å²) in [5.41, 5.74) is 4.88. The zero-order valence-electron chi connectivity index (χ0n) is 15.3. The molecule has 0 aliphatic carbocycles. The number of anilines is 4. The molecule has 2 amide bonds. The Hall–Kier alpha value is -3.73. The van der Waals surface area contributed by atoms with Gasteiger partial charge in [0.25, 0.3) is 0 Å². The minimum Gasteiger partial charge on any atom is -0.359 e. The Morgan fingerprint density at radius 2 is 1.54 bits per heavy atom. The average Bonchev–Trinajstić information content (AvgIpc) is 3.16. The van der Waals surface area contributed by atoms with Gasteiger partial charge in [0, 0.05) is 35.9 Å². The molecule has 2 N–H and O–H groups in total. The molecule has 138 valence electrons. The lowest BCUT2D eigenvalue weighted by Crippen LogP contribution is -2.44. The molecule has 0 atom stereocenters. The fraction of sp³-hybridized carbons (Fsp3) is 0.0870. The minimum absolute atomic E-state index is 0.120. The zero-order valence-corrected chi connectivity index (χ0v) is 15.3. The molecular weight excluding hydrogens is 348 g/mol. The molecule has 0 saturated carbocycles. The van der Waals surface area contributed by atoms with Crippen LogP contribution in [0.2, 0.25) is 0 Å². The van der Waals surface area contributed by atoms with Crippen LogP contribution in [0.25, 0.3) is 10.9 Å². The van der Waals surface area contributed by atoms with Crippen molar-refractivity contribution in [3.8, 4) is 0 Å². The predicted octanol–water partition coefficient (Wildman–Crippen LogP) is 5.36. The van der Waals surface area contributed by atoms with E-state index in [0.29, 0.717) is 6.54 Å². The van der Waals surface area contributed by atoms with Crippen LogP contribution in [0.1, 0.15) is 0 Å². The lowest BCUT2D eigenvalue weighted by Gasteiger charge is -2.37. The number of rotatable bonds is 2. The summed E-state index contributed by atoms with van der Waals surface area (Å²) in [7, 11) is 0. The number of fused-ring (bicyclic) bond motifs is 2. The number of para-hydroxylation sites is 4. The van der Waals surface area contributed by atoms with Crippen LogP contribution in [0.15, 0.2) is 85.1 Å². The van der Waals surface area contributed by atoms with Crippen molar-refractivity contribution < 1.29 is 4.79 Å². The number of hydrogen-bond acceptors (Lipinski definition) is 2. The number of nitrogens with one attached hydrogen (secondary N) is 2. The molecule has 2 heterocycles. The van der Waals surface area contributed by atoms with Crippen LogP contribution >= 0.6 is 0 Å². The molecule has 1 aromatic heterocycles. The first-order valence-electron chi connectivity index (χ1n) is 9.37. The Labute approximate surface area is 163 Å². The molecule has 0 radical (unpaired) electrons. The number of urea groups is 1. The van der Waals surface area contributed by atoms with Gasteiger partial charge < -0.3 is 15.2 Å². The van der Waals surface area contributed by atoms with E-state index in [0.717, 1.165) is 40.2 Å². The van der Waals surface area contributed by atoms with E-state index >= 15 is 0 Å². The predicted molar refractivity (Wildman–Crippen MR) is 115 cm³/mol. The smallest absolute Gasteiger partial charge is 0.326 e.